The third kappa shape index (κ3) is 4.63. The van der Waals surface area contributed by atoms with E-state index in [9.17, 15) is 19.8 Å². The predicted molar refractivity (Wildman–Crippen MR) is 137 cm³/mol. The lowest BCUT2D eigenvalue weighted by Crippen LogP contribution is -2.28. The Hall–Kier alpha value is -4.46. The SMILES string of the molecule is CC1=NN(c2ccc(C)c(C)c2)C(=O)C1=NNc1cccc(-c2ccc([C@H](C)C(=O)O)cc2)c1O. The van der Waals surface area contributed by atoms with Gasteiger partial charge in [-0.15, -0.1) is 0 Å². The van der Waals surface area contributed by atoms with Crippen LogP contribution in [0.3, 0.4) is 0 Å². The minimum atomic E-state index is -0.901. The van der Waals surface area contributed by atoms with E-state index in [4.69, 9.17) is 0 Å². The molecular formula is C27H26N4O4. The lowest BCUT2D eigenvalue weighted by atomic mass is 9.97. The molecule has 0 unspecified atom stereocenters. The van der Waals surface area contributed by atoms with Gasteiger partial charge in [-0.05, 0) is 68.1 Å². The van der Waals surface area contributed by atoms with E-state index in [1.54, 1.807) is 56.3 Å². The van der Waals surface area contributed by atoms with Crippen LogP contribution in [0.5, 0.6) is 5.75 Å². The molecule has 0 radical (unpaired) electrons. The van der Waals surface area contributed by atoms with Crippen molar-refractivity contribution in [3.05, 3.63) is 77.4 Å². The summed E-state index contributed by atoms with van der Waals surface area (Å²) in [6.45, 7) is 7.30. The molecule has 1 aliphatic heterocycles. The molecule has 4 rings (SSSR count). The molecule has 178 valence electrons. The van der Waals surface area contributed by atoms with E-state index in [2.05, 4.69) is 15.6 Å². The third-order valence-corrected chi connectivity index (χ3v) is 6.14. The first kappa shape index (κ1) is 23.7. The van der Waals surface area contributed by atoms with Gasteiger partial charge in [0, 0.05) is 5.56 Å². The van der Waals surface area contributed by atoms with Crippen LogP contribution >= 0.6 is 0 Å². The smallest absolute Gasteiger partial charge is 0.310 e. The zero-order valence-corrected chi connectivity index (χ0v) is 19.9. The van der Waals surface area contributed by atoms with Gasteiger partial charge >= 0.3 is 11.9 Å². The second-order valence-corrected chi connectivity index (χ2v) is 8.53. The minimum Gasteiger partial charge on any atom is -0.505 e. The van der Waals surface area contributed by atoms with E-state index in [0.717, 1.165) is 16.7 Å². The molecule has 0 fully saturated rings. The number of hydrazone groups is 2. The summed E-state index contributed by atoms with van der Waals surface area (Å²) in [7, 11) is 0. The molecular weight excluding hydrogens is 444 g/mol. The predicted octanol–water partition coefficient (Wildman–Crippen LogP) is 5.05. The van der Waals surface area contributed by atoms with Gasteiger partial charge in [0.05, 0.1) is 23.0 Å². The molecule has 1 aliphatic rings. The van der Waals surface area contributed by atoms with Crippen molar-refractivity contribution in [1.29, 1.82) is 0 Å². The van der Waals surface area contributed by atoms with Crippen molar-refractivity contribution in [2.75, 3.05) is 10.4 Å². The molecule has 0 aliphatic carbocycles. The number of aliphatic carboxylic acids is 1. The minimum absolute atomic E-state index is 0.0399. The molecule has 0 saturated heterocycles. The van der Waals surface area contributed by atoms with Crippen molar-refractivity contribution in [2.24, 2.45) is 10.2 Å². The maximum atomic E-state index is 13.0. The van der Waals surface area contributed by atoms with Gasteiger partial charge < -0.3 is 10.2 Å². The highest BCUT2D eigenvalue weighted by molar-refractivity contribution is 6.71. The second kappa shape index (κ2) is 9.42. The van der Waals surface area contributed by atoms with Crippen LogP contribution in [0.25, 0.3) is 11.1 Å². The average molecular weight is 471 g/mol. The number of hydrogen-bond acceptors (Lipinski definition) is 6. The van der Waals surface area contributed by atoms with Gasteiger partial charge in [0.2, 0.25) is 0 Å². The van der Waals surface area contributed by atoms with E-state index in [0.29, 0.717) is 28.2 Å². The number of carbonyl (C=O) groups excluding carboxylic acids is 1. The number of benzene rings is 3. The maximum absolute atomic E-state index is 13.0. The van der Waals surface area contributed by atoms with Crippen LogP contribution < -0.4 is 10.4 Å². The molecule has 8 heteroatoms. The first-order chi connectivity index (χ1) is 16.7. The number of hydrogen-bond donors (Lipinski definition) is 3. The molecule has 3 N–H and O–H groups in total. The first-order valence-corrected chi connectivity index (χ1v) is 11.1. The molecule has 1 atom stereocenters. The number of aromatic hydroxyl groups is 1. The van der Waals surface area contributed by atoms with Crippen molar-refractivity contribution < 1.29 is 19.8 Å². The lowest BCUT2D eigenvalue weighted by Gasteiger charge is -2.13. The number of para-hydroxylation sites is 1. The summed E-state index contributed by atoms with van der Waals surface area (Å²) in [5, 5.41) is 30.0. The molecule has 0 aromatic heterocycles. The number of carboxylic acids is 1. The van der Waals surface area contributed by atoms with Crippen LogP contribution in [-0.2, 0) is 9.59 Å². The number of nitrogens with zero attached hydrogens (tertiary/aromatic N) is 3. The van der Waals surface area contributed by atoms with E-state index < -0.39 is 11.9 Å². The summed E-state index contributed by atoms with van der Waals surface area (Å²) in [4.78, 5) is 24.2. The molecule has 3 aromatic rings. The molecule has 8 nitrogen and oxygen atoms in total. The lowest BCUT2D eigenvalue weighted by molar-refractivity contribution is -0.138. The van der Waals surface area contributed by atoms with Gasteiger partial charge in [-0.3, -0.25) is 15.0 Å². The van der Waals surface area contributed by atoms with Crippen LogP contribution in [0.2, 0.25) is 0 Å². The Morgan fingerprint density at radius 3 is 2.40 bits per heavy atom. The van der Waals surface area contributed by atoms with E-state index in [1.807, 2.05) is 32.0 Å². The zero-order chi connectivity index (χ0) is 25.3. The number of phenolic OH excluding ortho intramolecular Hbond substituents is 1. The average Bonchev–Trinajstić information content (AvgIpc) is 3.13. The highest BCUT2D eigenvalue weighted by Gasteiger charge is 2.31. The second-order valence-electron chi connectivity index (χ2n) is 8.53. The Balaban J connectivity index is 1.56. The van der Waals surface area contributed by atoms with Crippen LogP contribution in [-0.4, -0.2) is 33.5 Å². The normalized spacial score (nSPS) is 15.3. The summed E-state index contributed by atoms with van der Waals surface area (Å²) in [6.07, 6.45) is 0. The van der Waals surface area contributed by atoms with Gasteiger partial charge in [-0.1, -0.05) is 42.5 Å². The highest BCUT2D eigenvalue weighted by Crippen LogP contribution is 2.36. The number of aryl methyl sites for hydroxylation is 2. The van der Waals surface area contributed by atoms with Crippen molar-refractivity contribution >= 4 is 34.7 Å². The molecule has 0 bridgehead atoms. The van der Waals surface area contributed by atoms with Crippen molar-refractivity contribution in [3.63, 3.8) is 0 Å². The zero-order valence-electron chi connectivity index (χ0n) is 19.9. The van der Waals surface area contributed by atoms with E-state index in [-0.39, 0.29) is 17.4 Å². The van der Waals surface area contributed by atoms with Gasteiger partial charge in [-0.25, -0.2) is 0 Å². The number of carbonyl (C=O) groups is 2. The highest BCUT2D eigenvalue weighted by atomic mass is 16.4. The van der Waals surface area contributed by atoms with Crippen molar-refractivity contribution in [1.82, 2.24) is 0 Å². The molecule has 1 heterocycles. The summed E-state index contributed by atoms with van der Waals surface area (Å²) in [5.74, 6) is -1.93. The summed E-state index contributed by atoms with van der Waals surface area (Å²) in [5.41, 5.74) is 8.50. The quantitative estimate of drug-likeness (QED) is 0.344. The molecule has 0 spiro atoms. The number of amides is 1. The Kier molecular flexibility index (Phi) is 6.38. The van der Waals surface area contributed by atoms with Crippen molar-refractivity contribution in [3.8, 4) is 16.9 Å². The van der Waals surface area contributed by atoms with Crippen molar-refractivity contribution in [2.45, 2.75) is 33.6 Å². The fourth-order valence-corrected chi connectivity index (χ4v) is 3.74. The summed E-state index contributed by atoms with van der Waals surface area (Å²) < 4.78 is 0. The maximum Gasteiger partial charge on any atom is 0.310 e. The topological polar surface area (TPSA) is 115 Å². The Morgan fingerprint density at radius 2 is 1.74 bits per heavy atom. The Morgan fingerprint density at radius 1 is 1.03 bits per heavy atom. The fourth-order valence-electron chi connectivity index (χ4n) is 3.74. The molecule has 35 heavy (non-hydrogen) atoms. The Labute approximate surface area is 203 Å². The van der Waals surface area contributed by atoms with Gasteiger partial charge in [-0.2, -0.15) is 15.2 Å². The van der Waals surface area contributed by atoms with E-state index in [1.165, 1.54) is 5.01 Å². The summed E-state index contributed by atoms with van der Waals surface area (Å²) in [6, 6.07) is 17.8. The standard InChI is InChI=1S/C27H26N4O4/c1-15-8-13-21(14-16(15)2)31-26(33)24(18(4)30-31)29-28-23-7-5-6-22(25(23)32)20-11-9-19(10-12-20)17(3)27(34)35/h5-14,17,28,32H,1-4H3,(H,34,35)/t17-/m0/s1. The van der Waals surface area contributed by atoms with Crippen LogP contribution in [0.1, 0.15) is 36.5 Å². The number of nitrogens with one attached hydrogen (secondary N) is 1. The Bertz CT molecular complexity index is 1380. The van der Waals surface area contributed by atoms with Gasteiger partial charge in [0.15, 0.2) is 5.71 Å². The van der Waals surface area contributed by atoms with Crippen LogP contribution in [0.4, 0.5) is 11.4 Å². The molecule has 0 saturated carbocycles. The molecule has 1 amide bonds. The number of rotatable bonds is 6. The van der Waals surface area contributed by atoms with E-state index >= 15 is 0 Å². The fraction of sp³-hybridized carbons (Fsp3) is 0.185. The monoisotopic (exact) mass is 470 g/mol. The van der Waals surface area contributed by atoms with Gasteiger partial charge in [0.25, 0.3) is 0 Å². The number of anilines is 2. The van der Waals surface area contributed by atoms with Gasteiger partial charge in [0.1, 0.15) is 5.75 Å². The number of phenols is 1. The molecule has 3 aromatic carbocycles. The van der Waals surface area contributed by atoms with Crippen LogP contribution in [0, 0.1) is 13.8 Å². The largest absolute Gasteiger partial charge is 0.505 e. The first-order valence-electron chi connectivity index (χ1n) is 11.1. The van der Waals surface area contributed by atoms with Crippen LogP contribution in [0.15, 0.2) is 70.9 Å². The summed E-state index contributed by atoms with van der Waals surface area (Å²) >= 11 is 0. The third-order valence-electron chi connectivity index (χ3n) is 6.14. The number of carboxylic acid groups (broad SMARTS) is 1.